The Bertz CT molecular complexity index is 667. The van der Waals surface area contributed by atoms with Crippen molar-refractivity contribution in [2.45, 2.75) is 13.8 Å². The first-order chi connectivity index (χ1) is 11.0. The van der Waals surface area contributed by atoms with E-state index in [0.717, 1.165) is 17.2 Å². The topological polar surface area (TPSA) is 70.2 Å². The maximum atomic E-state index is 12.0. The number of aryl methyl sites for hydroxylation is 2. The maximum Gasteiger partial charge on any atom is 0.251 e. The summed E-state index contributed by atoms with van der Waals surface area (Å²) in [7, 11) is 3.88. The van der Waals surface area contributed by atoms with Crippen LogP contribution < -0.4 is 15.5 Å². The molecule has 6 heteroatoms. The van der Waals surface area contributed by atoms with Gasteiger partial charge in [0.2, 0.25) is 0 Å². The Morgan fingerprint density at radius 3 is 2.43 bits per heavy atom. The Kier molecular flexibility index (Phi) is 5.51. The molecule has 0 saturated carbocycles. The minimum atomic E-state index is -0.0698. The van der Waals surface area contributed by atoms with Gasteiger partial charge in [0.25, 0.3) is 5.91 Å². The number of carbonyl (C=O) groups excluding carboxylic acids is 1. The third-order valence-electron chi connectivity index (χ3n) is 3.31. The van der Waals surface area contributed by atoms with Gasteiger partial charge in [-0.15, -0.1) is 0 Å². The van der Waals surface area contributed by atoms with Crippen molar-refractivity contribution in [2.24, 2.45) is 0 Å². The summed E-state index contributed by atoms with van der Waals surface area (Å²) < 4.78 is 0. The van der Waals surface area contributed by atoms with Gasteiger partial charge in [-0.3, -0.25) is 4.79 Å². The van der Waals surface area contributed by atoms with Crippen LogP contribution in [-0.4, -0.2) is 43.1 Å². The van der Waals surface area contributed by atoms with E-state index in [2.05, 4.69) is 20.6 Å². The lowest BCUT2D eigenvalue weighted by Gasteiger charge is -2.14. The highest BCUT2D eigenvalue weighted by molar-refractivity contribution is 5.94. The van der Waals surface area contributed by atoms with E-state index in [1.165, 1.54) is 0 Å². The Morgan fingerprint density at radius 2 is 1.78 bits per heavy atom. The molecule has 1 aromatic carbocycles. The molecule has 0 atom stereocenters. The number of carbonyl (C=O) groups is 1. The lowest BCUT2D eigenvalue weighted by atomic mass is 10.1. The molecule has 0 unspecified atom stereocenters. The van der Waals surface area contributed by atoms with Crippen LogP contribution in [0.2, 0.25) is 0 Å². The fourth-order valence-electron chi connectivity index (χ4n) is 2.05. The van der Waals surface area contributed by atoms with Crippen molar-refractivity contribution in [1.82, 2.24) is 15.3 Å². The Labute approximate surface area is 137 Å². The summed E-state index contributed by atoms with van der Waals surface area (Å²) in [5.41, 5.74) is 1.81. The zero-order valence-electron chi connectivity index (χ0n) is 14.1. The fourth-order valence-corrected chi connectivity index (χ4v) is 2.05. The van der Waals surface area contributed by atoms with Crippen molar-refractivity contribution in [3.05, 3.63) is 47.3 Å². The number of benzene rings is 1. The highest BCUT2D eigenvalue weighted by Gasteiger charge is 2.05. The molecule has 122 valence electrons. The van der Waals surface area contributed by atoms with Crippen molar-refractivity contribution in [3.63, 3.8) is 0 Å². The predicted octanol–water partition coefficient (Wildman–Crippen LogP) is 2.00. The van der Waals surface area contributed by atoms with Crippen LogP contribution in [0.25, 0.3) is 0 Å². The molecular weight excluding hydrogens is 290 g/mol. The lowest BCUT2D eigenvalue weighted by molar-refractivity contribution is 0.0955. The van der Waals surface area contributed by atoms with Gasteiger partial charge in [0.15, 0.2) is 0 Å². The maximum absolute atomic E-state index is 12.0. The van der Waals surface area contributed by atoms with E-state index in [1.807, 2.05) is 63.2 Å². The highest BCUT2D eigenvalue weighted by atomic mass is 16.1. The number of hydrogen-bond donors (Lipinski definition) is 2. The quantitative estimate of drug-likeness (QED) is 0.798. The van der Waals surface area contributed by atoms with Crippen LogP contribution in [0.5, 0.6) is 0 Å². The van der Waals surface area contributed by atoms with Crippen LogP contribution in [0.1, 0.15) is 21.7 Å². The van der Waals surface area contributed by atoms with Gasteiger partial charge in [0.05, 0.1) is 0 Å². The second-order valence-corrected chi connectivity index (χ2v) is 5.60. The second-order valence-electron chi connectivity index (χ2n) is 5.60. The van der Waals surface area contributed by atoms with Gasteiger partial charge in [-0.2, -0.15) is 0 Å². The second kappa shape index (κ2) is 7.58. The molecule has 6 nitrogen and oxygen atoms in total. The normalized spacial score (nSPS) is 10.3. The van der Waals surface area contributed by atoms with E-state index in [4.69, 9.17) is 0 Å². The first-order valence-corrected chi connectivity index (χ1v) is 7.57. The van der Waals surface area contributed by atoms with E-state index in [1.54, 1.807) is 0 Å². The molecule has 0 aliphatic rings. The van der Waals surface area contributed by atoms with Crippen LogP contribution in [-0.2, 0) is 0 Å². The van der Waals surface area contributed by atoms with E-state index in [0.29, 0.717) is 24.5 Å². The molecule has 2 aromatic rings. The molecule has 1 amide bonds. The van der Waals surface area contributed by atoms with Crippen molar-refractivity contribution >= 4 is 17.5 Å². The molecule has 23 heavy (non-hydrogen) atoms. The van der Waals surface area contributed by atoms with Gasteiger partial charge in [0.1, 0.15) is 17.5 Å². The van der Waals surface area contributed by atoms with Gasteiger partial charge in [-0.25, -0.2) is 9.97 Å². The van der Waals surface area contributed by atoms with Crippen LogP contribution in [0.15, 0.2) is 30.3 Å². The summed E-state index contributed by atoms with van der Waals surface area (Å²) in [6.45, 7) is 4.97. The highest BCUT2D eigenvalue weighted by Crippen LogP contribution is 2.12. The van der Waals surface area contributed by atoms with Crippen LogP contribution >= 0.6 is 0 Å². The molecule has 0 aliphatic carbocycles. The first-order valence-electron chi connectivity index (χ1n) is 7.57. The van der Waals surface area contributed by atoms with Crippen LogP contribution in [0.4, 0.5) is 11.6 Å². The average Bonchev–Trinajstić information content (AvgIpc) is 2.51. The molecule has 2 rings (SSSR count). The van der Waals surface area contributed by atoms with Gasteiger partial charge >= 0.3 is 0 Å². The van der Waals surface area contributed by atoms with Gasteiger partial charge < -0.3 is 15.5 Å². The number of nitrogens with one attached hydrogen (secondary N) is 2. The third-order valence-corrected chi connectivity index (χ3v) is 3.31. The van der Waals surface area contributed by atoms with E-state index in [9.17, 15) is 4.79 Å². The van der Waals surface area contributed by atoms with Crippen LogP contribution in [0, 0.1) is 13.8 Å². The summed E-state index contributed by atoms with van der Waals surface area (Å²) in [4.78, 5) is 22.6. The summed E-state index contributed by atoms with van der Waals surface area (Å²) in [5, 5.41) is 6.09. The first kappa shape index (κ1) is 16.7. The number of rotatable bonds is 6. The van der Waals surface area contributed by atoms with E-state index in [-0.39, 0.29) is 5.91 Å². The van der Waals surface area contributed by atoms with Gasteiger partial charge in [-0.1, -0.05) is 17.7 Å². The standard InChI is InChI=1S/C17H23N5O/c1-12-5-7-14(8-6-12)17(23)19-10-9-18-15-11-16(22(3)4)21-13(2)20-15/h5-8,11H,9-10H2,1-4H3,(H,19,23)(H,18,20,21). The molecule has 2 N–H and O–H groups in total. The molecule has 0 spiro atoms. The molecule has 0 saturated heterocycles. The predicted molar refractivity (Wildman–Crippen MR) is 93.1 cm³/mol. The van der Waals surface area contributed by atoms with E-state index < -0.39 is 0 Å². The van der Waals surface area contributed by atoms with Crippen LogP contribution in [0.3, 0.4) is 0 Å². The summed E-state index contributed by atoms with van der Waals surface area (Å²) in [6.07, 6.45) is 0. The van der Waals surface area contributed by atoms with Crippen molar-refractivity contribution in [2.75, 3.05) is 37.4 Å². The molecule has 0 aliphatic heterocycles. The summed E-state index contributed by atoms with van der Waals surface area (Å²) in [5.74, 6) is 2.25. The number of aromatic nitrogens is 2. The zero-order chi connectivity index (χ0) is 16.8. The number of amides is 1. The molecule has 1 heterocycles. The monoisotopic (exact) mass is 313 g/mol. The number of nitrogens with zero attached hydrogens (tertiary/aromatic N) is 3. The molecule has 0 fully saturated rings. The third kappa shape index (κ3) is 4.95. The van der Waals surface area contributed by atoms with Crippen molar-refractivity contribution in [1.29, 1.82) is 0 Å². The molecule has 1 aromatic heterocycles. The lowest BCUT2D eigenvalue weighted by Crippen LogP contribution is -2.29. The minimum Gasteiger partial charge on any atom is -0.368 e. The van der Waals surface area contributed by atoms with Crippen molar-refractivity contribution < 1.29 is 4.79 Å². The molecular formula is C17H23N5O. The van der Waals surface area contributed by atoms with Gasteiger partial charge in [0, 0.05) is 38.8 Å². The molecule has 0 bridgehead atoms. The smallest absolute Gasteiger partial charge is 0.251 e. The summed E-state index contributed by atoms with van der Waals surface area (Å²) in [6, 6.07) is 9.40. The van der Waals surface area contributed by atoms with Crippen molar-refractivity contribution in [3.8, 4) is 0 Å². The number of hydrogen-bond acceptors (Lipinski definition) is 5. The SMILES string of the molecule is Cc1ccc(C(=O)NCCNc2cc(N(C)C)nc(C)n2)cc1. The fraction of sp³-hybridized carbons (Fsp3) is 0.353. The van der Waals surface area contributed by atoms with E-state index >= 15 is 0 Å². The Balaban J connectivity index is 1.83. The largest absolute Gasteiger partial charge is 0.368 e. The molecule has 0 radical (unpaired) electrons. The summed E-state index contributed by atoms with van der Waals surface area (Å²) >= 11 is 0. The average molecular weight is 313 g/mol. The van der Waals surface area contributed by atoms with Gasteiger partial charge in [-0.05, 0) is 26.0 Å². The zero-order valence-corrected chi connectivity index (χ0v) is 14.1. The number of anilines is 2. The Hall–Kier alpha value is -2.63. The minimum absolute atomic E-state index is 0.0698. The Morgan fingerprint density at radius 1 is 1.09 bits per heavy atom.